The molecule has 1 aromatic carbocycles. The van der Waals surface area contributed by atoms with E-state index in [4.69, 9.17) is 4.74 Å². The molecule has 1 heterocycles. The van der Waals surface area contributed by atoms with Crippen molar-refractivity contribution in [2.75, 3.05) is 33.4 Å². The van der Waals surface area contributed by atoms with Gasteiger partial charge in [-0.1, -0.05) is 12.1 Å². The molecule has 1 saturated heterocycles. The number of benzene rings is 1. The summed E-state index contributed by atoms with van der Waals surface area (Å²) in [5, 5.41) is 6.14. The lowest BCUT2D eigenvalue weighted by atomic mass is 9.87. The van der Waals surface area contributed by atoms with Gasteiger partial charge in [0.05, 0.1) is 12.0 Å². The number of carbonyl (C=O) groups is 1. The predicted molar refractivity (Wildman–Crippen MR) is 74.9 cm³/mol. The molecule has 20 heavy (non-hydrogen) atoms. The molecule has 2 N–H and O–H groups in total. The van der Waals surface area contributed by atoms with E-state index in [2.05, 4.69) is 10.6 Å². The maximum absolute atomic E-state index is 13.0. The largest absolute Gasteiger partial charge is 0.384 e. The molecule has 0 aromatic heterocycles. The zero-order chi connectivity index (χ0) is 14.4. The predicted octanol–water partition coefficient (Wildman–Crippen LogP) is 1.11. The quantitative estimate of drug-likeness (QED) is 0.821. The second-order valence-corrected chi connectivity index (χ2v) is 5.28. The first kappa shape index (κ1) is 14.9. The molecule has 0 spiro atoms. The van der Waals surface area contributed by atoms with Crippen molar-refractivity contribution < 1.29 is 13.9 Å². The van der Waals surface area contributed by atoms with Crippen molar-refractivity contribution in [1.82, 2.24) is 10.6 Å². The van der Waals surface area contributed by atoms with Gasteiger partial charge in [-0.05, 0) is 37.1 Å². The van der Waals surface area contributed by atoms with Gasteiger partial charge in [-0.3, -0.25) is 4.79 Å². The van der Waals surface area contributed by atoms with Gasteiger partial charge in [-0.25, -0.2) is 4.39 Å². The van der Waals surface area contributed by atoms with Crippen LogP contribution in [0.1, 0.15) is 12.0 Å². The van der Waals surface area contributed by atoms with E-state index < -0.39 is 5.41 Å². The van der Waals surface area contributed by atoms with Crippen LogP contribution in [-0.2, 0) is 16.0 Å². The maximum atomic E-state index is 13.0. The summed E-state index contributed by atoms with van der Waals surface area (Å²) in [5.74, 6) is -0.231. The van der Waals surface area contributed by atoms with E-state index in [1.54, 1.807) is 13.2 Å². The van der Waals surface area contributed by atoms with Crippen LogP contribution in [0, 0.1) is 11.2 Å². The highest BCUT2D eigenvalue weighted by molar-refractivity contribution is 5.83. The van der Waals surface area contributed by atoms with Crippen LogP contribution < -0.4 is 10.6 Å². The minimum Gasteiger partial charge on any atom is -0.384 e. The minimum absolute atomic E-state index is 0.0146. The number of ether oxygens (including phenoxy) is 1. The second-order valence-electron chi connectivity index (χ2n) is 5.28. The summed E-state index contributed by atoms with van der Waals surface area (Å²) in [5.41, 5.74) is 0.423. The van der Waals surface area contributed by atoms with Gasteiger partial charge in [0.2, 0.25) is 5.91 Å². The fourth-order valence-corrected chi connectivity index (χ4v) is 2.60. The summed E-state index contributed by atoms with van der Waals surface area (Å²) >= 11 is 0. The van der Waals surface area contributed by atoms with Crippen molar-refractivity contribution in [2.45, 2.75) is 12.8 Å². The summed E-state index contributed by atoms with van der Waals surface area (Å²) in [6.07, 6.45) is 1.41. The molecule has 1 amide bonds. The molecule has 1 fully saturated rings. The zero-order valence-corrected chi connectivity index (χ0v) is 11.7. The van der Waals surface area contributed by atoms with Crippen LogP contribution in [0.25, 0.3) is 0 Å². The Labute approximate surface area is 118 Å². The standard InChI is InChI=1S/C15H21FN2O2/c1-20-11-15(6-8-17-10-15)14(19)18-7-5-12-3-2-4-13(16)9-12/h2-4,9,17H,5-8,10-11H2,1H3,(H,18,19). The van der Waals surface area contributed by atoms with E-state index in [-0.39, 0.29) is 11.7 Å². The molecule has 110 valence electrons. The Morgan fingerprint density at radius 1 is 1.55 bits per heavy atom. The Hall–Kier alpha value is -1.46. The number of amides is 1. The van der Waals surface area contributed by atoms with Crippen LogP contribution in [-0.4, -0.2) is 39.3 Å². The highest BCUT2D eigenvalue weighted by Gasteiger charge is 2.41. The molecule has 0 radical (unpaired) electrons. The average Bonchev–Trinajstić information content (AvgIpc) is 2.89. The van der Waals surface area contributed by atoms with E-state index in [0.29, 0.717) is 26.1 Å². The van der Waals surface area contributed by atoms with Crippen LogP contribution >= 0.6 is 0 Å². The van der Waals surface area contributed by atoms with E-state index in [0.717, 1.165) is 18.5 Å². The van der Waals surface area contributed by atoms with Crippen LogP contribution in [0.5, 0.6) is 0 Å². The normalized spacial score (nSPS) is 21.9. The summed E-state index contributed by atoms with van der Waals surface area (Å²) < 4.78 is 18.2. The molecule has 0 aliphatic carbocycles. The smallest absolute Gasteiger partial charge is 0.229 e. The molecule has 4 nitrogen and oxygen atoms in total. The summed E-state index contributed by atoms with van der Waals surface area (Å²) in [6.45, 7) is 2.41. The second kappa shape index (κ2) is 6.81. The molecule has 1 unspecified atom stereocenters. The first-order valence-corrected chi connectivity index (χ1v) is 6.89. The van der Waals surface area contributed by atoms with Gasteiger partial charge in [0.25, 0.3) is 0 Å². The molecule has 1 atom stereocenters. The lowest BCUT2D eigenvalue weighted by Crippen LogP contribution is -2.46. The SMILES string of the molecule is COCC1(C(=O)NCCc2cccc(F)c2)CCNC1. The Kier molecular flexibility index (Phi) is 5.09. The number of halogens is 1. The fourth-order valence-electron chi connectivity index (χ4n) is 2.60. The highest BCUT2D eigenvalue weighted by Crippen LogP contribution is 2.25. The fraction of sp³-hybridized carbons (Fsp3) is 0.533. The van der Waals surface area contributed by atoms with Gasteiger partial charge in [0.15, 0.2) is 0 Å². The maximum Gasteiger partial charge on any atom is 0.229 e. The molecule has 0 bridgehead atoms. The van der Waals surface area contributed by atoms with E-state index >= 15 is 0 Å². The van der Waals surface area contributed by atoms with Gasteiger partial charge in [-0.2, -0.15) is 0 Å². The third kappa shape index (κ3) is 3.55. The summed E-state index contributed by atoms with van der Waals surface area (Å²) in [7, 11) is 1.61. The number of rotatable bonds is 6. The number of hydrogen-bond donors (Lipinski definition) is 2. The molecule has 0 saturated carbocycles. The number of methoxy groups -OCH3 is 1. The van der Waals surface area contributed by atoms with Gasteiger partial charge < -0.3 is 15.4 Å². The monoisotopic (exact) mass is 280 g/mol. The van der Waals surface area contributed by atoms with Crippen molar-refractivity contribution in [2.24, 2.45) is 5.41 Å². The highest BCUT2D eigenvalue weighted by atomic mass is 19.1. The third-order valence-electron chi connectivity index (χ3n) is 3.73. The van der Waals surface area contributed by atoms with E-state index in [1.807, 2.05) is 6.07 Å². The summed E-state index contributed by atoms with van der Waals surface area (Å²) in [4.78, 5) is 12.3. The van der Waals surface area contributed by atoms with Gasteiger partial charge in [0, 0.05) is 20.2 Å². The minimum atomic E-state index is -0.462. The van der Waals surface area contributed by atoms with Gasteiger partial charge >= 0.3 is 0 Å². The van der Waals surface area contributed by atoms with E-state index in [9.17, 15) is 9.18 Å². The Bertz CT molecular complexity index is 459. The molecule has 1 aromatic rings. The van der Waals surface area contributed by atoms with Crippen LogP contribution in [0.3, 0.4) is 0 Å². The van der Waals surface area contributed by atoms with Crippen molar-refractivity contribution in [1.29, 1.82) is 0 Å². The molecule has 1 aliphatic rings. The van der Waals surface area contributed by atoms with Crippen molar-refractivity contribution in [3.8, 4) is 0 Å². The first-order valence-electron chi connectivity index (χ1n) is 6.89. The van der Waals surface area contributed by atoms with Crippen molar-refractivity contribution >= 4 is 5.91 Å². The number of nitrogens with one attached hydrogen (secondary N) is 2. The molecule has 1 aliphatic heterocycles. The molecular formula is C15H21FN2O2. The molecular weight excluding hydrogens is 259 g/mol. The average molecular weight is 280 g/mol. The van der Waals surface area contributed by atoms with Crippen LogP contribution in [0.4, 0.5) is 4.39 Å². The lowest BCUT2D eigenvalue weighted by molar-refractivity contribution is -0.132. The zero-order valence-electron chi connectivity index (χ0n) is 11.7. The first-order chi connectivity index (χ1) is 9.66. The Morgan fingerprint density at radius 3 is 3.05 bits per heavy atom. The van der Waals surface area contributed by atoms with Crippen molar-refractivity contribution in [3.05, 3.63) is 35.6 Å². The number of hydrogen-bond acceptors (Lipinski definition) is 3. The van der Waals surface area contributed by atoms with Crippen LogP contribution in [0.2, 0.25) is 0 Å². The van der Waals surface area contributed by atoms with Gasteiger partial charge in [0.1, 0.15) is 5.82 Å². The van der Waals surface area contributed by atoms with Crippen molar-refractivity contribution in [3.63, 3.8) is 0 Å². The molecule has 2 rings (SSSR count). The molecule has 5 heteroatoms. The Morgan fingerprint density at radius 2 is 2.40 bits per heavy atom. The van der Waals surface area contributed by atoms with Gasteiger partial charge in [-0.15, -0.1) is 0 Å². The summed E-state index contributed by atoms with van der Waals surface area (Å²) in [6, 6.07) is 6.45. The lowest BCUT2D eigenvalue weighted by Gasteiger charge is -2.25. The Balaban J connectivity index is 1.85. The topological polar surface area (TPSA) is 50.4 Å². The van der Waals surface area contributed by atoms with Crippen LogP contribution in [0.15, 0.2) is 24.3 Å². The van der Waals surface area contributed by atoms with E-state index in [1.165, 1.54) is 12.1 Å². The third-order valence-corrected chi connectivity index (χ3v) is 3.73. The number of carbonyl (C=O) groups excluding carboxylic acids is 1.